The molecule has 0 amide bonds. The average molecular weight is 351 g/mol. The van der Waals surface area contributed by atoms with Gasteiger partial charge in [0.1, 0.15) is 4.60 Å². The van der Waals surface area contributed by atoms with E-state index < -0.39 is 0 Å². The summed E-state index contributed by atoms with van der Waals surface area (Å²) < 4.78 is 3.55. The smallest absolute Gasteiger partial charge is 0.195 e. The summed E-state index contributed by atoms with van der Waals surface area (Å²) in [6.07, 6.45) is 8.67. The van der Waals surface area contributed by atoms with Crippen molar-refractivity contribution in [1.82, 2.24) is 9.38 Å². The van der Waals surface area contributed by atoms with Crippen molar-refractivity contribution in [2.24, 2.45) is 17.8 Å². The molecule has 2 aromatic rings. The van der Waals surface area contributed by atoms with Crippen LogP contribution in [0.4, 0.5) is 0 Å². The van der Waals surface area contributed by atoms with Gasteiger partial charge in [0.2, 0.25) is 0 Å². The van der Waals surface area contributed by atoms with Crippen molar-refractivity contribution in [2.75, 3.05) is 0 Å². The highest BCUT2D eigenvalue weighted by Gasteiger charge is 2.53. The first-order chi connectivity index (χ1) is 9.64. The zero-order valence-corrected chi connectivity index (χ0v) is 14.1. The minimum absolute atomic E-state index is 0.395. The third-order valence-electron chi connectivity index (χ3n) is 6.02. The number of rotatable bonds is 1. The SMILES string of the molecule is Cc1csc2nc(C34CC5CC(CC(C5)C3)C4)c(Br)n12. The van der Waals surface area contributed by atoms with Gasteiger partial charge >= 0.3 is 0 Å². The molecule has 2 nitrogen and oxygen atoms in total. The molecule has 0 N–H and O–H groups in total. The summed E-state index contributed by atoms with van der Waals surface area (Å²) in [6, 6.07) is 0. The van der Waals surface area contributed by atoms with Gasteiger partial charge in [0.25, 0.3) is 0 Å². The maximum atomic E-state index is 5.06. The Morgan fingerprint density at radius 3 is 2.35 bits per heavy atom. The molecule has 4 aliphatic rings. The number of fused-ring (bicyclic) bond motifs is 1. The van der Waals surface area contributed by atoms with Crippen LogP contribution in [0, 0.1) is 24.7 Å². The third kappa shape index (κ3) is 1.47. The Hall–Kier alpha value is -0.350. The molecule has 4 bridgehead atoms. The molecule has 0 aromatic carbocycles. The van der Waals surface area contributed by atoms with Crippen LogP contribution < -0.4 is 0 Å². The number of hydrogen-bond donors (Lipinski definition) is 0. The fraction of sp³-hybridized carbons (Fsp3) is 0.688. The van der Waals surface area contributed by atoms with E-state index in [4.69, 9.17) is 4.98 Å². The lowest BCUT2D eigenvalue weighted by Crippen LogP contribution is -2.48. The molecule has 2 heterocycles. The third-order valence-corrected chi connectivity index (χ3v) is 7.69. The maximum absolute atomic E-state index is 5.06. The highest BCUT2D eigenvalue weighted by Crippen LogP contribution is 2.61. The standard InChI is InChI=1S/C16H19BrN2S/c1-9-8-20-15-18-13(14(17)19(9)15)16-5-10-2-11(6-16)4-12(3-10)7-16/h8,10-12H,2-7H2,1H3. The van der Waals surface area contributed by atoms with Crippen LogP contribution in [-0.4, -0.2) is 9.38 Å². The minimum Gasteiger partial charge on any atom is -0.282 e. The number of hydrogen-bond acceptors (Lipinski definition) is 2. The van der Waals surface area contributed by atoms with Crippen molar-refractivity contribution >= 4 is 32.2 Å². The van der Waals surface area contributed by atoms with Gasteiger partial charge in [-0.2, -0.15) is 0 Å². The summed E-state index contributed by atoms with van der Waals surface area (Å²) in [5, 5.41) is 2.20. The maximum Gasteiger partial charge on any atom is 0.195 e. The molecule has 0 saturated heterocycles. The summed E-state index contributed by atoms with van der Waals surface area (Å²) in [5.74, 6) is 2.94. The molecule has 4 saturated carbocycles. The van der Waals surface area contributed by atoms with Crippen molar-refractivity contribution < 1.29 is 0 Å². The first-order valence-corrected chi connectivity index (χ1v) is 9.44. The van der Waals surface area contributed by atoms with Gasteiger partial charge in [0, 0.05) is 16.5 Å². The number of halogens is 1. The quantitative estimate of drug-likeness (QED) is 0.712. The number of aryl methyl sites for hydroxylation is 1. The van der Waals surface area contributed by atoms with Crippen LogP contribution >= 0.6 is 27.3 Å². The first-order valence-electron chi connectivity index (χ1n) is 7.77. The minimum atomic E-state index is 0.395. The predicted octanol–water partition coefficient (Wildman–Crippen LogP) is 4.93. The Morgan fingerprint density at radius 1 is 1.20 bits per heavy atom. The van der Waals surface area contributed by atoms with E-state index in [0.29, 0.717) is 5.41 Å². The predicted molar refractivity (Wildman–Crippen MR) is 85.4 cm³/mol. The average Bonchev–Trinajstić information content (AvgIpc) is 2.90. The van der Waals surface area contributed by atoms with Crippen molar-refractivity contribution in [3.05, 3.63) is 21.4 Å². The second-order valence-electron chi connectivity index (χ2n) is 7.44. The van der Waals surface area contributed by atoms with Crippen LogP contribution in [0.2, 0.25) is 0 Å². The van der Waals surface area contributed by atoms with Gasteiger partial charge in [-0.1, -0.05) is 0 Å². The molecule has 4 heteroatoms. The lowest BCUT2D eigenvalue weighted by Gasteiger charge is -2.56. The highest BCUT2D eigenvalue weighted by molar-refractivity contribution is 9.10. The Morgan fingerprint density at radius 2 is 1.80 bits per heavy atom. The normalized spacial score (nSPS) is 39.0. The van der Waals surface area contributed by atoms with Gasteiger partial charge in [-0.15, -0.1) is 11.3 Å². The fourth-order valence-corrected chi connectivity index (χ4v) is 7.64. The van der Waals surface area contributed by atoms with Crippen LogP contribution in [0.25, 0.3) is 4.96 Å². The topological polar surface area (TPSA) is 17.3 Å². The van der Waals surface area contributed by atoms with Crippen molar-refractivity contribution in [3.8, 4) is 0 Å². The second kappa shape index (κ2) is 3.89. The Balaban J connectivity index is 1.69. The Bertz CT molecular complexity index is 663. The second-order valence-corrected chi connectivity index (χ2v) is 9.03. The molecule has 0 aliphatic heterocycles. The molecule has 0 radical (unpaired) electrons. The number of aromatic nitrogens is 2. The molecular formula is C16H19BrN2S. The van der Waals surface area contributed by atoms with E-state index in [2.05, 4.69) is 32.6 Å². The van der Waals surface area contributed by atoms with Crippen molar-refractivity contribution in [1.29, 1.82) is 0 Å². The molecule has 20 heavy (non-hydrogen) atoms. The van der Waals surface area contributed by atoms with Gasteiger partial charge in [0.15, 0.2) is 4.96 Å². The summed E-state index contributed by atoms with van der Waals surface area (Å²) in [7, 11) is 0. The van der Waals surface area contributed by atoms with Crippen molar-refractivity contribution in [2.45, 2.75) is 50.9 Å². The Kier molecular flexibility index (Phi) is 2.38. The number of thiazole rings is 1. The van der Waals surface area contributed by atoms with Gasteiger partial charge in [0.05, 0.1) is 5.69 Å². The van der Waals surface area contributed by atoms with E-state index in [1.165, 1.54) is 59.5 Å². The largest absolute Gasteiger partial charge is 0.282 e. The van der Waals surface area contributed by atoms with Crippen LogP contribution in [0.3, 0.4) is 0 Å². The van der Waals surface area contributed by atoms with E-state index in [0.717, 1.165) is 17.8 Å². The van der Waals surface area contributed by atoms with Crippen LogP contribution in [-0.2, 0) is 5.41 Å². The van der Waals surface area contributed by atoms with Gasteiger partial charge in [-0.25, -0.2) is 4.98 Å². The van der Waals surface area contributed by atoms with Gasteiger partial charge in [-0.3, -0.25) is 4.40 Å². The lowest BCUT2D eigenvalue weighted by atomic mass is 9.49. The zero-order valence-electron chi connectivity index (χ0n) is 11.7. The van der Waals surface area contributed by atoms with E-state index in [-0.39, 0.29) is 0 Å². The summed E-state index contributed by atoms with van der Waals surface area (Å²) in [4.78, 5) is 6.22. The number of imidazole rings is 1. The monoisotopic (exact) mass is 350 g/mol. The first kappa shape index (κ1) is 12.2. The molecule has 0 atom stereocenters. The van der Waals surface area contributed by atoms with Crippen LogP contribution in [0.15, 0.2) is 9.98 Å². The molecule has 6 rings (SSSR count). The van der Waals surface area contributed by atoms with E-state index in [1.807, 2.05) is 0 Å². The molecule has 106 valence electrons. The summed E-state index contributed by atoms with van der Waals surface area (Å²) >= 11 is 5.65. The van der Waals surface area contributed by atoms with Crippen LogP contribution in [0.1, 0.15) is 49.9 Å². The Labute approximate surface area is 131 Å². The molecule has 4 aliphatic carbocycles. The fourth-order valence-electron chi connectivity index (χ4n) is 5.70. The van der Waals surface area contributed by atoms with Crippen LogP contribution in [0.5, 0.6) is 0 Å². The number of nitrogens with zero attached hydrogens (tertiary/aromatic N) is 2. The molecule has 2 aromatic heterocycles. The molecule has 0 spiro atoms. The zero-order chi connectivity index (χ0) is 13.5. The molecule has 4 fully saturated rings. The van der Waals surface area contributed by atoms with Gasteiger partial charge < -0.3 is 0 Å². The highest BCUT2D eigenvalue weighted by atomic mass is 79.9. The van der Waals surface area contributed by atoms with Crippen molar-refractivity contribution in [3.63, 3.8) is 0 Å². The lowest BCUT2D eigenvalue weighted by molar-refractivity contribution is -0.00733. The summed E-state index contributed by atoms with van der Waals surface area (Å²) in [5.41, 5.74) is 3.08. The van der Waals surface area contributed by atoms with E-state index >= 15 is 0 Å². The molecule has 0 unspecified atom stereocenters. The molecular weight excluding hydrogens is 332 g/mol. The van der Waals surface area contributed by atoms with E-state index in [1.54, 1.807) is 11.3 Å². The van der Waals surface area contributed by atoms with Gasteiger partial charge in [-0.05, 0) is 79.1 Å². The summed E-state index contributed by atoms with van der Waals surface area (Å²) in [6.45, 7) is 2.18. The van der Waals surface area contributed by atoms with E-state index in [9.17, 15) is 0 Å².